The quantitative estimate of drug-likeness (QED) is 0.315. The molecule has 0 saturated carbocycles. The molecule has 0 radical (unpaired) electrons. The predicted octanol–water partition coefficient (Wildman–Crippen LogP) is 5.49. The average molecular weight is 478 g/mol. The summed E-state index contributed by atoms with van der Waals surface area (Å²) >= 11 is 8.11. The van der Waals surface area contributed by atoms with Crippen LogP contribution < -0.4 is 10.1 Å². The maximum Gasteiger partial charge on any atom is 0.183 e. The zero-order valence-electron chi connectivity index (χ0n) is 17.8. The summed E-state index contributed by atoms with van der Waals surface area (Å²) < 4.78 is 5.57. The van der Waals surface area contributed by atoms with Crippen molar-refractivity contribution in [2.75, 3.05) is 18.5 Å². The summed E-state index contributed by atoms with van der Waals surface area (Å²) in [6.07, 6.45) is 7.94. The smallest absolute Gasteiger partial charge is 0.183 e. The van der Waals surface area contributed by atoms with Gasteiger partial charge in [0.2, 0.25) is 0 Å². The molecule has 3 heterocycles. The van der Waals surface area contributed by atoms with Crippen molar-refractivity contribution in [3.63, 3.8) is 0 Å². The molecule has 10 heteroatoms. The molecule has 0 unspecified atom stereocenters. The molecule has 1 aromatic carbocycles. The van der Waals surface area contributed by atoms with E-state index in [1.165, 1.54) is 11.3 Å². The van der Waals surface area contributed by atoms with Crippen LogP contribution in [0.4, 0.5) is 5.13 Å². The van der Waals surface area contributed by atoms with Crippen LogP contribution in [0.5, 0.6) is 5.75 Å². The molecule has 0 bridgehead atoms. The molecule has 0 aliphatic carbocycles. The number of nitriles is 1. The highest BCUT2D eigenvalue weighted by atomic mass is 35.5. The van der Waals surface area contributed by atoms with E-state index in [9.17, 15) is 0 Å². The molecular weight excluding hydrogens is 458 g/mol. The molecule has 4 rings (SSSR count). The molecular formula is C23H20ClN7OS. The van der Waals surface area contributed by atoms with Crippen molar-refractivity contribution in [3.05, 3.63) is 54.1 Å². The molecule has 0 aliphatic heterocycles. The number of hydrogen-bond donors (Lipinski definition) is 1. The van der Waals surface area contributed by atoms with Gasteiger partial charge >= 0.3 is 0 Å². The SMILES string of the molecule is CCCNc1ncc(-c2cc(-c3ccc(OCCC#N)cc3Cl)nc(-c3cnccn3)n2)s1. The van der Waals surface area contributed by atoms with Crippen LogP contribution >= 0.6 is 22.9 Å². The first-order chi connectivity index (χ1) is 16.2. The lowest BCUT2D eigenvalue weighted by molar-refractivity contribution is 0.326. The van der Waals surface area contributed by atoms with Crippen molar-refractivity contribution in [1.82, 2.24) is 24.9 Å². The Hall–Kier alpha value is -3.61. The van der Waals surface area contributed by atoms with Crippen LogP contribution in [0.25, 0.3) is 33.3 Å². The normalized spacial score (nSPS) is 10.6. The van der Waals surface area contributed by atoms with E-state index >= 15 is 0 Å². The zero-order chi connectivity index (χ0) is 23.0. The Balaban J connectivity index is 1.74. The second-order valence-electron chi connectivity index (χ2n) is 6.91. The Morgan fingerprint density at radius 1 is 1.09 bits per heavy atom. The minimum Gasteiger partial charge on any atom is -0.492 e. The summed E-state index contributed by atoms with van der Waals surface area (Å²) in [6, 6.07) is 9.31. The zero-order valence-corrected chi connectivity index (χ0v) is 19.4. The van der Waals surface area contributed by atoms with Crippen LogP contribution in [0.2, 0.25) is 5.02 Å². The van der Waals surface area contributed by atoms with Gasteiger partial charge in [0.05, 0.1) is 40.0 Å². The van der Waals surface area contributed by atoms with Crippen LogP contribution in [0, 0.1) is 11.3 Å². The number of benzene rings is 1. The Bertz CT molecular complexity index is 1270. The lowest BCUT2D eigenvalue weighted by atomic mass is 10.1. The third-order valence-electron chi connectivity index (χ3n) is 4.50. The van der Waals surface area contributed by atoms with Crippen LogP contribution in [-0.2, 0) is 0 Å². The number of aromatic nitrogens is 5. The Labute approximate surface area is 200 Å². The van der Waals surface area contributed by atoms with E-state index in [1.54, 1.807) is 30.9 Å². The van der Waals surface area contributed by atoms with Gasteiger partial charge in [0.25, 0.3) is 0 Å². The maximum absolute atomic E-state index is 8.69. The van der Waals surface area contributed by atoms with E-state index in [0.29, 0.717) is 46.7 Å². The molecule has 0 spiro atoms. The Morgan fingerprint density at radius 3 is 2.73 bits per heavy atom. The number of anilines is 1. The van der Waals surface area contributed by atoms with Crippen molar-refractivity contribution >= 4 is 28.1 Å². The van der Waals surface area contributed by atoms with Crippen LogP contribution in [0.3, 0.4) is 0 Å². The standard InChI is InChI=1S/C23H20ClN7OS/c1-2-7-28-23-29-14-21(33-23)19-12-18(30-22(31-19)20-13-26-8-9-27-20)16-5-4-15(11-17(16)24)32-10-3-6-25/h4-5,8-9,11-14H,2-3,7,10H2,1H3,(H,28,29). The summed E-state index contributed by atoms with van der Waals surface area (Å²) in [5.41, 5.74) is 2.65. The van der Waals surface area contributed by atoms with E-state index in [4.69, 9.17) is 31.6 Å². The predicted molar refractivity (Wildman–Crippen MR) is 129 cm³/mol. The number of halogens is 1. The first-order valence-corrected chi connectivity index (χ1v) is 11.5. The summed E-state index contributed by atoms with van der Waals surface area (Å²) in [4.78, 5) is 23.3. The van der Waals surface area contributed by atoms with Gasteiger partial charge in [-0.3, -0.25) is 4.98 Å². The number of hydrogen-bond acceptors (Lipinski definition) is 9. The molecule has 0 saturated heterocycles. The molecule has 3 aromatic heterocycles. The number of nitrogens with zero attached hydrogens (tertiary/aromatic N) is 6. The first-order valence-electron chi connectivity index (χ1n) is 10.3. The van der Waals surface area contributed by atoms with Crippen molar-refractivity contribution in [3.8, 4) is 45.2 Å². The van der Waals surface area contributed by atoms with Crippen molar-refractivity contribution < 1.29 is 4.74 Å². The van der Waals surface area contributed by atoms with Gasteiger partial charge in [0.1, 0.15) is 18.1 Å². The lowest BCUT2D eigenvalue weighted by Crippen LogP contribution is -1.98. The first kappa shape index (κ1) is 22.6. The molecule has 33 heavy (non-hydrogen) atoms. The highest BCUT2D eigenvalue weighted by Crippen LogP contribution is 2.35. The minimum absolute atomic E-state index is 0.306. The fourth-order valence-electron chi connectivity index (χ4n) is 2.95. The second-order valence-corrected chi connectivity index (χ2v) is 8.35. The summed E-state index contributed by atoms with van der Waals surface area (Å²) in [5, 5.41) is 13.3. The third-order valence-corrected chi connectivity index (χ3v) is 5.79. The highest BCUT2D eigenvalue weighted by Gasteiger charge is 2.15. The van der Waals surface area contributed by atoms with Gasteiger partial charge in [0.15, 0.2) is 11.0 Å². The molecule has 8 nitrogen and oxygen atoms in total. The molecule has 0 atom stereocenters. The van der Waals surface area contributed by atoms with Gasteiger partial charge < -0.3 is 10.1 Å². The van der Waals surface area contributed by atoms with Crippen molar-refractivity contribution in [2.24, 2.45) is 0 Å². The van der Waals surface area contributed by atoms with E-state index in [-0.39, 0.29) is 0 Å². The molecule has 4 aromatic rings. The van der Waals surface area contributed by atoms with E-state index < -0.39 is 0 Å². The van der Waals surface area contributed by atoms with Gasteiger partial charge in [-0.05, 0) is 30.7 Å². The number of thiazole rings is 1. The Morgan fingerprint density at radius 2 is 1.97 bits per heavy atom. The molecule has 0 amide bonds. The number of ether oxygens (including phenoxy) is 1. The fourth-order valence-corrected chi connectivity index (χ4v) is 4.02. The topological polar surface area (TPSA) is 110 Å². The molecule has 0 aliphatic rings. The monoisotopic (exact) mass is 477 g/mol. The van der Waals surface area contributed by atoms with E-state index in [2.05, 4.69) is 33.3 Å². The summed E-state index contributed by atoms with van der Waals surface area (Å²) in [6.45, 7) is 3.26. The molecule has 1 N–H and O–H groups in total. The van der Waals surface area contributed by atoms with E-state index in [1.807, 2.05) is 18.2 Å². The van der Waals surface area contributed by atoms with E-state index in [0.717, 1.165) is 28.5 Å². The maximum atomic E-state index is 8.69. The third kappa shape index (κ3) is 5.61. The second kappa shape index (κ2) is 10.8. The van der Waals surface area contributed by atoms with Gasteiger partial charge in [-0.15, -0.1) is 0 Å². The molecule has 166 valence electrons. The number of rotatable bonds is 9. The number of nitrogens with one attached hydrogen (secondary N) is 1. The van der Waals surface area contributed by atoms with Gasteiger partial charge in [-0.2, -0.15) is 5.26 Å². The van der Waals surface area contributed by atoms with Gasteiger partial charge in [-0.25, -0.2) is 19.9 Å². The van der Waals surface area contributed by atoms with Gasteiger partial charge in [0, 0.05) is 30.7 Å². The van der Waals surface area contributed by atoms with Gasteiger partial charge in [-0.1, -0.05) is 29.9 Å². The fraction of sp³-hybridized carbons (Fsp3) is 0.217. The van der Waals surface area contributed by atoms with Crippen LogP contribution in [-0.4, -0.2) is 38.1 Å². The largest absolute Gasteiger partial charge is 0.492 e. The van der Waals surface area contributed by atoms with Crippen LogP contribution in [0.1, 0.15) is 19.8 Å². The Kier molecular flexibility index (Phi) is 7.40. The summed E-state index contributed by atoms with van der Waals surface area (Å²) in [7, 11) is 0. The summed E-state index contributed by atoms with van der Waals surface area (Å²) in [5.74, 6) is 1.04. The molecule has 0 fully saturated rings. The van der Waals surface area contributed by atoms with Crippen molar-refractivity contribution in [1.29, 1.82) is 5.26 Å². The lowest BCUT2D eigenvalue weighted by Gasteiger charge is -2.10. The van der Waals surface area contributed by atoms with Crippen molar-refractivity contribution in [2.45, 2.75) is 19.8 Å². The average Bonchev–Trinajstić information content (AvgIpc) is 3.32. The minimum atomic E-state index is 0.306. The highest BCUT2D eigenvalue weighted by molar-refractivity contribution is 7.18. The van der Waals surface area contributed by atoms with Crippen LogP contribution in [0.15, 0.2) is 49.1 Å².